The van der Waals surface area contributed by atoms with Gasteiger partial charge in [0.1, 0.15) is 0 Å². The summed E-state index contributed by atoms with van der Waals surface area (Å²) in [6, 6.07) is 15.0. The summed E-state index contributed by atoms with van der Waals surface area (Å²) in [6.07, 6.45) is 6.80. The van der Waals surface area contributed by atoms with Crippen LogP contribution in [-0.2, 0) is 0 Å². The van der Waals surface area contributed by atoms with E-state index in [-0.39, 0.29) is 0 Å². The Morgan fingerprint density at radius 1 is 1.00 bits per heavy atom. The van der Waals surface area contributed by atoms with E-state index in [4.69, 9.17) is 0 Å². The first-order valence-corrected chi connectivity index (χ1v) is 6.56. The van der Waals surface area contributed by atoms with Crippen molar-refractivity contribution in [3.8, 4) is 0 Å². The Morgan fingerprint density at radius 3 is 2.72 bits per heavy atom. The number of aromatic amines is 1. The van der Waals surface area contributed by atoms with E-state index in [1.165, 1.54) is 33.8 Å². The second-order valence-electron chi connectivity index (χ2n) is 4.63. The van der Waals surface area contributed by atoms with Crippen molar-refractivity contribution in [2.24, 2.45) is 0 Å². The van der Waals surface area contributed by atoms with Gasteiger partial charge in [0.2, 0.25) is 0 Å². The van der Waals surface area contributed by atoms with Gasteiger partial charge in [0.15, 0.2) is 0 Å². The molecule has 0 radical (unpaired) electrons. The third-order valence-electron chi connectivity index (χ3n) is 3.33. The van der Waals surface area contributed by atoms with Gasteiger partial charge in [-0.05, 0) is 18.1 Å². The molecule has 0 aliphatic rings. The number of benzene rings is 2. The topological polar surface area (TPSA) is 15.8 Å². The highest BCUT2D eigenvalue weighted by Gasteiger charge is 2.05. The molecule has 0 aliphatic heterocycles. The van der Waals surface area contributed by atoms with Crippen LogP contribution in [0.2, 0.25) is 0 Å². The van der Waals surface area contributed by atoms with Crippen molar-refractivity contribution in [2.75, 3.05) is 0 Å². The number of allylic oxidation sites excluding steroid dienone is 1. The Labute approximate surface area is 107 Å². The molecule has 0 saturated heterocycles. The summed E-state index contributed by atoms with van der Waals surface area (Å²) in [5, 5.41) is 2.61. The minimum absolute atomic E-state index is 1.14. The largest absolute Gasteiger partial charge is 0.354 e. The quantitative estimate of drug-likeness (QED) is 0.647. The first-order valence-electron chi connectivity index (χ1n) is 6.56. The highest BCUT2D eigenvalue weighted by Crippen LogP contribution is 2.28. The zero-order valence-corrected chi connectivity index (χ0v) is 10.6. The van der Waals surface area contributed by atoms with Crippen LogP contribution in [0.3, 0.4) is 0 Å². The van der Waals surface area contributed by atoms with E-state index in [1.54, 1.807) is 0 Å². The van der Waals surface area contributed by atoms with Gasteiger partial charge in [-0.3, -0.25) is 0 Å². The molecule has 3 rings (SSSR count). The van der Waals surface area contributed by atoms with Crippen LogP contribution < -0.4 is 0 Å². The summed E-state index contributed by atoms with van der Waals surface area (Å²) < 4.78 is 0. The van der Waals surface area contributed by atoms with Gasteiger partial charge in [-0.25, -0.2) is 0 Å². The van der Waals surface area contributed by atoms with Crippen molar-refractivity contribution in [1.29, 1.82) is 0 Å². The molecule has 0 fully saturated rings. The third-order valence-corrected chi connectivity index (χ3v) is 3.33. The molecule has 0 bridgehead atoms. The number of rotatable bonds is 3. The lowest BCUT2D eigenvalue weighted by molar-refractivity contribution is 0.962. The average Bonchev–Trinajstić information content (AvgIpc) is 2.79. The van der Waals surface area contributed by atoms with Gasteiger partial charge in [0, 0.05) is 16.3 Å². The highest BCUT2D eigenvalue weighted by atomic mass is 14.7. The summed E-state index contributed by atoms with van der Waals surface area (Å²) >= 11 is 0. The van der Waals surface area contributed by atoms with E-state index in [0.29, 0.717) is 0 Å². The zero-order chi connectivity index (χ0) is 12.4. The molecule has 1 aromatic heterocycles. The first kappa shape index (κ1) is 11.1. The minimum Gasteiger partial charge on any atom is -0.354 e. The number of hydrogen-bond donors (Lipinski definition) is 1. The summed E-state index contributed by atoms with van der Waals surface area (Å²) in [6.45, 7) is 2.20. The van der Waals surface area contributed by atoms with Crippen molar-refractivity contribution in [1.82, 2.24) is 4.98 Å². The normalized spacial score (nSPS) is 11.8. The first-order chi connectivity index (χ1) is 8.90. The maximum absolute atomic E-state index is 3.52. The van der Waals surface area contributed by atoms with Gasteiger partial charge < -0.3 is 4.98 Å². The molecule has 2 aromatic carbocycles. The number of aromatic nitrogens is 1. The molecular formula is C17H17N. The SMILES string of the molecule is CCCC=Cc1cccc2c1[nH]c1ccccc12. The van der Waals surface area contributed by atoms with Crippen LogP contribution >= 0.6 is 0 Å². The van der Waals surface area contributed by atoms with Gasteiger partial charge in [0.25, 0.3) is 0 Å². The van der Waals surface area contributed by atoms with Crippen LogP contribution in [0, 0.1) is 0 Å². The number of fused-ring (bicyclic) bond motifs is 3. The Bertz CT molecular complexity index is 704. The molecule has 3 aromatic rings. The maximum atomic E-state index is 3.52. The van der Waals surface area contributed by atoms with Gasteiger partial charge in [0.05, 0.1) is 5.52 Å². The summed E-state index contributed by atoms with van der Waals surface area (Å²) in [5.41, 5.74) is 3.73. The molecule has 1 heterocycles. The molecule has 0 amide bonds. The fourth-order valence-electron chi connectivity index (χ4n) is 2.41. The molecule has 18 heavy (non-hydrogen) atoms. The molecule has 1 N–H and O–H groups in total. The van der Waals surface area contributed by atoms with E-state index in [9.17, 15) is 0 Å². The fourth-order valence-corrected chi connectivity index (χ4v) is 2.41. The van der Waals surface area contributed by atoms with E-state index in [0.717, 1.165) is 6.42 Å². The smallest absolute Gasteiger partial charge is 0.0538 e. The number of unbranched alkanes of at least 4 members (excludes halogenated alkanes) is 1. The van der Waals surface area contributed by atoms with Gasteiger partial charge in [-0.1, -0.05) is 61.9 Å². The van der Waals surface area contributed by atoms with Crippen LogP contribution in [-0.4, -0.2) is 4.98 Å². The standard InChI is InChI=1S/C17H17N/c1-2-3-4-8-13-9-7-11-15-14-10-5-6-12-16(14)18-17(13)15/h4-12,18H,2-3H2,1H3. The van der Waals surface area contributed by atoms with Crippen LogP contribution in [0.4, 0.5) is 0 Å². The lowest BCUT2D eigenvalue weighted by Crippen LogP contribution is -1.75. The van der Waals surface area contributed by atoms with Crippen molar-refractivity contribution in [2.45, 2.75) is 19.8 Å². The molecular weight excluding hydrogens is 218 g/mol. The second kappa shape index (κ2) is 4.69. The number of H-pyrrole nitrogens is 1. The molecule has 0 saturated carbocycles. The summed E-state index contributed by atoms with van der Waals surface area (Å²) in [5.74, 6) is 0. The van der Waals surface area contributed by atoms with Crippen LogP contribution in [0.5, 0.6) is 0 Å². The Hall–Kier alpha value is -2.02. The molecule has 90 valence electrons. The number of nitrogens with one attached hydrogen (secondary N) is 1. The van der Waals surface area contributed by atoms with Gasteiger partial charge >= 0.3 is 0 Å². The zero-order valence-electron chi connectivity index (χ0n) is 10.6. The van der Waals surface area contributed by atoms with Crippen LogP contribution in [0.25, 0.3) is 27.9 Å². The van der Waals surface area contributed by atoms with Crippen LogP contribution in [0.15, 0.2) is 48.5 Å². The van der Waals surface area contributed by atoms with Gasteiger partial charge in [-0.2, -0.15) is 0 Å². The predicted octanol–water partition coefficient (Wildman–Crippen LogP) is 5.13. The molecule has 0 aliphatic carbocycles. The van der Waals surface area contributed by atoms with Crippen LogP contribution in [0.1, 0.15) is 25.3 Å². The summed E-state index contributed by atoms with van der Waals surface area (Å²) in [7, 11) is 0. The van der Waals surface area contributed by atoms with Crippen molar-refractivity contribution in [3.05, 3.63) is 54.1 Å². The van der Waals surface area contributed by atoms with E-state index in [1.807, 2.05) is 0 Å². The highest BCUT2D eigenvalue weighted by molar-refractivity contribution is 6.09. The van der Waals surface area contributed by atoms with E-state index < -0.39 is 0 Å². The Balaban J connectivity index is 2.21. The molecule has 1 heteroatoms. The third kappa shape index (κ3) is 1.82. The monoisotopic (exact) mass is 235 g/mol. The Kier molecular flexibility index (Phi) is 2.89. The van der Waals surface area contributed by atoms with Crippen molar-refractivity contribution in [3.63, 3.8) is 0 Å². The fraction of sp³-hybridized carbons (Fsp3) is 0.176. The maximum Gasteiger partial charge on any atom is 0.0538 e. The molecule has 0 atom stereocenters. The minimum atomic E-state index is 1.14. The van der Waals surface area contributed by atoms with Crippen molar-refractivity contribution >= 4 is 27.9 Å². The number of para-hydroxylation sites is 2. The Morgan fingerprint density at radius 2 is 1.83 bits per heavy atom. The number of hydrogen-bond acceptors (Lipinski definition) is 0. The molecule has 0 unspecified atom stereocenters. The van der Waals surface area contributed by atoms with Gasteiger partial charge in [-0.15, -0.1) is 0 Å². The average molecular weight is 235 g/mol. The lowest BCUT2D eigenvalue weighted by Gasteiger charge is -1.96. The second-order valence-corrected chi connectivity index (χ2v) is 4.63. The molecule has 1 nitrogen and oxygen atoms in total. The van der Waals surface area contributed by atoms with E-state index >= 15 is 0 Å². The van der Waals surface area contributed by atoms with Crippen molar-refractivity contribution < 1.29 is 0 Å². The predicted molar refractivity (Wildman–Crippen MR) is 79.7 cm³/mol. The lowest BCUT2D eigenvalue weighted by atomic mass is 10.1. The molecule has 0 spiro atoms. The summed E-state index contributed by atoms with van der Waals surface area (Å²) in [4.78, 5) is 3.52. The van der Waals surface area contributed by atoms with E-state index in [2.05, 4.69) is 66.5 Å².